The third-order valence-electron chi connectivity index (χ3n) is 5.38. The molecule has 0 spiro atoms. The van der Waals surface area contributed by atoms with Crippen LogP contribution in [0.25, 0.3) is 10.9 Å². The first-order valence-corrected chi connectivity index (χ1v) is 9.51. The van der Waals surface area contributed by atoms with Gasteiger partial charge in [0.25, 0.3) is 0 Å². The minimum absolute atomic E-state index is 0.0176. The van der Waals surface area contributed by atoms with E-state index in [2.05, 4.69) is 0 Å². The molecule has 2 unspecified atom stereocenters. The zero-order valence-electron chi connectivity index (χ0n) is 15.1. The summed E-state index contributed by atoms with van der Waals surface area (Å²) < 4.78 is 31.8. The predicted octanol–water partition coefficient (Wildman–Crippen LogP) is 2.74. The van der Waals surface area contributed by atoms with Crippen molar-refractivity contribution in [1.82, 2.24) is 9.47 Å². The van der Waals surface area contributed by atoms with Crippen LogP contribution in [0.4, 0.5) is 14.5 Å². The highest BCUT2D eigenvalue weighted by Gasteiger charge is 2.36. The van der Waals surface area contributed by atoms with Gasteiger partial charge in [0.15, 0.2) is 5.82 Å². The van der Waals surface area contributed by atoms with Crippen LogP contribution in [0.5, 0.6) is 0 Å². The maximum Gasteiger partial charge on any atom is 0.342 e. The lowest BCUT2D eigenvalue weighted by atomic mass is 10.1. The van der Waals surface area contributed by atoms with Crippen molar-refractivity contribution in [3.63, 3.8) is 0 Å². The molecule has 1 saturated heterocycles. The Balaban J connectivity index is 1.97. The molecule has 9 heteroatoms. The number of aromatic nitrogens is 1. The minimum atomic E-state index is -1.39. The molecule has 6 nitrogen and oxygen atoms in total. The topological polar surface area (TPSA) is 65.8 Å². The lowest BCUT2D eigenvalue weighted by molar-refractivity contribution is 0.0689. The Hall–Kier alpha value is -2.13. The average Bonchev–Trinajstić information content (AvgIpc) is 3.05. The molecule has 1 fully saturated rings. The number of halogens is 2. The highest BCUT2D eigenvalue weighted by molar-refractivity contribution is 8.00. The van der Waals surface area contributed by atoms with Crippen LogP contribution in [0.2, 0.25) is 0 Å². The Kier molecular flexibility index (Phi) is 4.19. The van der Waals surface area contributed by atoms with E-state index in [0.29, 0.717) is 13.1 Å². The Morgan fingerprint density at radius 1 is 1.37 bits per heavy atom. The first kappa shape index (κ1) is 18.2. The van der Waals surface area contributed by atoms with E-state index in [1.54, 1.807) is 11.8 Å². The van der Waals surface area contributed by atoms with Gasteiger partial charge in [-0.1, -0.05) is 11.8 Å². The zero-order chi connectivity index (χ0) is 19.6. The molecule has 27 heavy (non-hydrogen) atoms. The van der Waals surface area contributed by atoms with E-state index in [-0.39, 0.29) is 33.0 Å². The first-order valence-electron chi connectivity index (χ1n) is 8.63. The van der Waals surface area contributed by atoms with Gasteiger partial charge in [0, 0.05) is 19.1 Å². The number of rotatable bonds is 3. The summed E-state index contributed by atoms with van der Waals surface area (Å²) >= 11 is 1.19. The van der Waals surface area contributed by atoms with Gasteiger partial charge in [-0.2, -0.15) is 0 Å². The predicted molar refractivity (Wildman–Crippen MR) is 100.0 cm³/mol. The van der Waals surface area contributed by atoms with Gasteiger partial charge in [-0.15, -0.1) is 0 Å². The normalized spacial score (nSPS) is 21.6. The first-order chi connectivity index (χ1) is 12.7. The molecular formula is C18H19F2N3O3S. The second-order valence-corrected chi connectivity index (χ2v) is 8.48. The van der Waals surface area contributed by atoms with Crippen molar-refractivity contribution < 1.29 is 18.7 Å². The fourth-order valence-corrected chi connectivity index (χ4v) is 5.07. The quantitative estimate of drug-likeness (QED) is 0.862. The summed E-state index contributed by atoms with van der Waals surface area (Å²) in [5.74, 6) is -3.02. The number of anilines is 1. The number of carboxylic acid groups (broad SMARTS) is 1. The van der Waals surface area contributed by atoms with Gasteiger partial charge in [0.2, 0.25) is 5.43 Å². The lowest BCUT2D eigenvalue weighted by Crippen LogP contribution is -2.33. The number of carboxylic acids is 1. The van der Waals surface area contributed by atoms with Crippen molar-refractivity contribution in [1.29, 1.82) is 0 Å². The molecule has 0 amide bonds. The molecule has 144 valence electrons. The molecule has 3 heterocycles. The van der Waals surface area contributed by atoms with Crippen LogP contribution in [-0.2, 0) is 0 Å². The smallest absolute Gasteiger partial charge is 0.342 e. The maximum absolute atomic E-state index is 15.5. The molecule has 0 radical (unpaired) electrons. The third-order valence-corrected chi connectivity index (χ3v) is 6.56. The molecule has 2 atom stereocenters. The van der Waals surface area contributed by atoms with Gasteiger partial charge in [-0.3, -0.25) is 4.79 Å². The number of likely N-dealkylation sites (N-methyl/N-ethyl adjacent to an activating group) is 1. The van der Waals surface area contributed by atoms with E-state index in [1.807, 2.05) is 19.0 Å². The molecule has 1 aromatic heterocycles. The number of thioether (sulfide) groups is 1. The van der Waals surface area contributed by atoms with Crippen molar-refractivity contribution in [3.8, 4) is 0 Å². The summed E-state index contributed by atoms with van der Waals surface area (Å²) in [7, 11) is 3.85. The van der Waals surface area contributed by atoms with Gasteiger partial charge in [0.1, 0.15) is 17.1 Å². The van der Waals surface area contributed by atoms with Gasteiger partial charge in [-0.05, 0) is 33.5 Å². The Bertz CT molecular complexity index is 1040. The van der Waals surface area contributed by atoms with Crippen LogP contribution in [0.15, 0.2) is 15.9 Å². The maximum atomic E-state index is 15.5. The van der Waals surface area contributed by atoms with Gasteiger partial charge in [0.05, 0.1) is 21.3 Å². The fourth-order valence-electron chi connectivity index (χ4n) is 3.93. The molecule has 4 rings (SSSR count). The summed E-state index contributed by atoms with van der Waals surface area (Å²) in [4.78, 5) is 27.8. The van der Waals surface area contributed by atoms with E-state index in [4.69, 9.17) is 0 Å². The van der Waals surface area contributed by atoms with Crippen LogP contribution < -0.4 is 10.3 Å². The minimum Gasteiger partial charge on any atom is -0.477 e. The molecule has 0 aliphatic carbocycles. The number of carbonyl (C=O) groups is 1. The summed E-state index contributed by atoms with van der Waals surface area (Å²) in [6.07, 6.45) is 0.784. The van der Waals surface area contributed by atoms with Crippen molar-refractivity contribution >= 4 is 34.3 Å². The number of fused-ring (bicyclic) bond motifs is 3. The number of hydrogen-bond acceptors (Lipinski definition) is 5. The van der Waals surface area contributed by atoms with Crippen LogP contribution in [0, 0.1) is 11.6 Å². The summed E-state index contributed by atoms with van der Waals surface area (Å²) in [6.45, 7) is 2.78. The number of pyridine rings is 1. The van der Waals surface area contributed by atoms with Crippen LogP contribution in [0.3, 0.4) is 0 Å². The van der Waals surface area contributed by atoms with Crippen LogP contribution in [0.1, 0.15) is 29.1 Å². The van der Waals surface area contributed by atoms with E-state index in [1.165, 1.54) is 16.3 Å². The molecule has 1 N–H and O–H groups in total. The summed E-state index contributed by atoms with van der Waals surface area (Å²) in [5, 5.41) is 9.12. The van der Waals surface area contributed by atoms with Crippen LogP contribution >= 0.6 is 11.8 Å². The molecule has 1 aromatic carbocycles. The number of aromatic carboxylic acids is 1. The van der Waals surface area contributed by atoms with Crippen molar-refractivity contribution in [2.24, 2.45) is 0 Å². The lowest BCUT2D eigenvalue weighted by Gasteiger charge is -2.33. The van der Waals surface area contributed by atoms with E-state index in [0.717, 1.165) is 12.5 Å². The fraction of sp³-hybridized carbons (Fsp3) is 0.444. The monoisotopic (exact) mass is 395 g/mol. The number of hydrogen-bond donors (Lipinski definition) is 1. The SMILES string of the molecule is CC1Sc2c(C(=O)O)c(=O)c3cc(F)c(N4CCC(N(C)C)C4)c(F)c3n21. The standard InChI is InChI=1S/C18H19F2N3O3S/c1-8-23-14-10(16(24)12(18(25)26)17(23)27-8)6-11(19)15(13(14)20)22-5-4-9(7-22)21(2)3/h6,8-9H,4-5,7H2,1-3H3,(H,25,26). The molecular weight excluding hydrogens is 376 g/mol. The van der Waals surface area contributed by atoms with E-state index < -0.39 is 28.6 Å². The van der Waals surface area contributed by atoms with E-state index >= 15 is 4.39 Å². The highest BCUT2D eigenvalue weighted by Crippen LogP contribution is 2.47. The molecule has 2 aromatic rings. The largest absolute Gasteiger partial charge is 0.477 e. The van der Waals surface area contributed by atoms with E-state index in [9.17, 15) is 19.1 Å². The second-order valence-electron chi connectivity index (χ2n) is 7.17. The van der Waals surface area contributed by atoms with Gasteiger partial charge in [-0.25, -0.2) is 13.6 Å². The average molecular weight is 395 g/mol. The Morgan fingerprint density at radius 2 is 2.07 bits per heavy atom. The summed E-state index contributed by atoms with van der Waals surface area (Å²) in [6, 6.07) is 1.17. The number of nitrogens with zero attached hydrogens (tertiary/aromatic N) is 3. The zero-order valence-corrected chi connectivity index (χ0v) is 15.9. The highest BCUT2D eigenvalue weighted by atomic mass is 32.2. The Morgan fingerprint density at radius 3 is 2.63 bits per heavy atom. The van der Waals surface area contributed by atoms with Crippen molar-refractivity contribution in [2.45, 2.75) is 29.8 Å². The van der Waals surface area contributed by atoms with Crippen molar-refractivity contribution in [3.05, 3.63) is 33.5 Å². The van der Waals surface area contributed by atoms with Gasteiger partial charge < -0.3 is 19.5 Å². The molecule has 0 saturated carbocycles. The van der Waals surface area contributed by atoms with Gasteiger partial charge >= 0.3 is 5.97 Å². The third kappa shape index (κ3) is 2.55. The second kappa shape index (κ2) is 6.20. The summed E-state index contributed by atoms with van der Waals surface area (Å²) in [5.41, 5.74) is -1.44. The molecule has 2 aliphatic heterocycles. The molecule has 0 bridgehead atoms. The van der Waals surface area contributed by atoms with Crippen LogP contribution in [-0.4, -0.2) is 53.8 Å². The molecule has 2 aliphatic rings. The van der Waals surface area contributed by atoms with Crippen molar-refractivity contribution in [2.75, 3.05) is 32.1 Å². The number of benzene rings is 1. The Labute approximate surface area is 158 Å².